The van der Waals surface area contributed by atoms with Gasteiger partial charge in [-0.2, -0.15) is 0 Å². The molecular weight excluding hydrogens is 444 g/mol. The van der Waals surface area contributed by atoms with Crippen LogP contribution in [0.2, 0.25) is 0 Å². The summed E-state index contributed by atoms with van der Waals surface area (Å²) in [7, 11) is 0. The molecule has 7 heteroatoms. The van der Waals surface area contributed by atoms with Crippen LogP contribution in [0.15, 0.2) is 78.9 Å². The highest BCUT2D eigenvalue weighted by atomic mass is 16.6. The number of nitro benzene ring substituents is 1. The first-order valence-corrected chi connectivity index (χ1v) is 11.4. The van der Waals surface area contributed by atoms with Gasteiger partial charge in [0.1, 0.15) is 5.41 Å². The first-order valence-electron chi connectivity index (χ1n) is 11.4. The number of non-ortho nitro benzene ring substituents is 1. The zero-order chi connectivity index (χ0) is 24.5. The monoisotopic (exact) mass is 464 g/mol. The largest absolute Gasteiger partial charge is 0.352 e. The van der Waals surface area contributed by atoms with Crippen LogP contribution >= 0.6 is 0 Å². The molecule has 35 heavy (non-hydrogen) atoms. The number of rotatable bonds is 3. The predicted octanol–water partition coefficient (Wildman–Crippen LogP) is 4.62. The molecule has 1 fully saturated rings. The fraction of sp³-hybridized carbons (Fsp3) is 0.179. The van der Waals surface area contributed by atoms with E-state index in [9.17, 15) is 24.5 Å². The summed E-state index contributed by atoms with van der Waals surface area (Å²) < 4.78 is 0. The second-order valence-electron chi connectivity index (χ2n) is 9.23. The van der Waals surface area contributed by atoms with Crippen LogP contribution in [-0.2, 0) is 4.79 Å². The Morgan fingerprint density at radius 1 is 0.943 bits per heavy atom. The third kappa shape index (κ3) is 2.63. The molecule has 7 nitrogen and oxygen atoms in total. The highest BCUT2D eigenvalue weighted by Gasteiger charge is 2.71. The number of Topliss-reactive ketones (excluding diaryl/α,β-unsaturated/α-hetero) is 3. The number of carbonyl (C=O) groups excluding carboxylic acids is 3. The number of nitrogens with zero attached hydrogens (tertiary/aromatic N) is 2. The van der Waals surface area contributed by atoms with Gasteiger partial charge in [-0.05, 0) is 24.1 Å². The molecule has 3 aromatic rings. The van der Waals surface area contributed by atoms with Crippen LogP contribution in [-0.4, -0.2) is 34.4 Å². The van der Waals surface area contributed by atoms with Crippen LogP contribution in [0.1, 0.15) is 44.7 Å². The van der Waals surface area contributed by atoms with E-state index in [0.29, 0.717) is 16.7 Å². The summed E-state index contributed by atoms with van der Waals surface area (Å²) >= 11 is 0. The van der Waals surface area contributed by atoms with Crippen molar-refractivity contribution in [2.75, 3.05) is 4.90 Å². The van der Waals surface area contributed by atoms with Gasteiger partial charge in [0.15, 0.2) is 17.3 Å². The minimum Gasteiger partial charge on any atom is -0.352 e. The zero-order valence-electron chi connectivity index (χ0n) is 18.8. The average Bonchev–Trinajstić information content (AvgIpc) is 3.31. The summed E-state index contributed by atoms with van der Waals surface area (Å²) in [5.74, 6) is -1.83. The van der Waals surface area contributed by atoms with E-state index in [0.717, 1.165) is 11.3 Å². The lowest BCUT2D eigenvalue weighted by Gasteiger charge is -2.37. The number of hydrogen-bond donors (Lipinski definition) is 0. The van der Waals surface area contributed by atoms with Crippen molar-refractivity contribution in [3.05, 3.63) is 111 Å². The van der Waals surface area contributed by atoms with E-state index in [1.165, 1.54) is 25.1 Å². The molecule has 0 saturated carbocycles. The summed E-state index contributed by atoms with van der Waals surface area (Å²) in [4.78, 5) is 54.8. The lowest BCUT2D eigenvalue weighted by molar-refractivity contribution is -0.384. The Labute approximate surface area is 200 Å². The van der Waals surface area contributed by atoms with Crippen LogP contribution in [0.3, 0.4) is 0 Å². The van der Waals surface area contributed by atoms with Crippen LogP contribution in [0, 0.1) is 15.5 Å². The molecule has 3 aliphatic rings. The Hall–Kier alpha value is -4.39. The molecule has 172 valence electrons. The topological polar surface area (TPSA) is 97.6 Å². The van der Waals surface area contributed by atoms with Gasteiger partial charge in [-0.1, -0.05) is 66.7 Å². The normalized spacial score (nSPS) is 23.2. The van der Waals surface area contributed by atoms with Gasteiger partial charge >= 0.3 is 0 Å². The lowest BCUT2D eigenvalue weighted by Crippen LogP contribution is -2.48. The summed E-state index contributed by atoms with van der Waals surface area (Å²) in [5, 5.41) is 11.6. The molecule has 3 aromatic carbocycles. The zero-order valence-corrected chi connectivity index (χ0v) is 18.8. The van der Waals surface area contributed by atoms with Crippen LogP contribution in [0.4, 0.5) is 11.4 Å². The van der Waals surface area contributed by atoms with Gasteiger partial charge in [-0.15, -0.1) is 0 Å². The molecule has 2 heterocycles. The molecule has 0 bridgehead atoms. The number of anilines is 1. The molecule has 0 amide bonds. The molecule has 6 rings (SSSR count). The summed E-state index contributed by atoms with van der Waals surface area (Å²) in [6, 6.07) is 18.6. The molecule has 0 unspecified atom stereocenters. The Kier molecular flexibility index (Phi) is 4.42. The van der Waals surface area contributed by atoms with E-state index in [1.807, 2.05) is 41.3 Å². The highest BCUT2D eigenvalue weighted by Crippen LogP contribution is 2.60. The Morgan fingerprint density at radius 2 is 1.60 bits per heavy atom. The van der Waals surface area contributed by atoms with Crippen LogP contribution < -0.4 is 4.90 Å². The minimum atomic E-state index is -1.63. The van der Waals surface area contributed by atoms with E-state index in [2.05, 4.69) is 0 Å². The molecule has 3 atom stereocenters. The minimum absolute atomic E-state index is 0.156. The molecule has 1 spiro atoms. The molecule has 1 saturated heterocycles. The van der Waals surface area contributed by atoms with Crippen molar-refractivity contribution < 1.29 is 19.3 Å². The number of ketones is 3. The fourth-order valence-corrected chi connectivity index (χ4v) is 6.28. The van der Waals surface area contributed by atoms with Crippen molar-refractivity contribution in [1.29, 1.82) is 0 Å². The summed E-state index contributed by atoms with van der Waals surface area (Å²) in [5.41, 5.74) is 0.919. The van der Waals surface area contributed by atoms with E-state index in [1.54, 1.807) is 30.3 Å². The lowest BCUT2D eigenvalue weighted by atomic mass is 9.64. The van der Waals surface area contributed by atoms with Gasteiger partial charge in [0, 0.05) is 34.9 Å². The SMILES string of the molecule is CC(=O)[C@H]1[C@H](c2cccc([N+](=O)[O-])c2)C2(C(=O)c3ccccc3C2=O)[C@@H]2C=Cc3ccccc3N21. The second kappa shape index (κ2) is 7.30. The Morgan fingerprint density at radius 3 is 2.26 bits per heavy atom. The van der Waals surface area contributed by atoms with E-state index < -0.39 is 28.3 Å². The number of carbonyl (C=O) groups is 3. The van der Waals surface area contributed by atoms with Gasteiger partial charge < -0.3 is 4.90 Å². The van der Waals surface area contributed by atoms with Crippen molar-refractivity contribution in [2.45, 2.75) is 24.9 Å². The van der Waals surface area contributed by atoms with Crippen molar-refractivity contribution >= 4 is 34.8 Å². The average molecular weight is 464 g/mol. The van der Waals surface area contributed by atoms with Crippen molar-refractivity contribution in [3.63, 3.8) is 0 Å². The molecule has 1 aliphatic carbocycles. The smallest absolute Gasteiger partial charge is 0.269 e. The standard InChI is InChI=1S/C28H20N2O5/c1-16(31)25-24(18-8-6-9-19(15-18)30(34)35)28(26(32)20-10-3-4-11-21(20)27(28)33)23-14-13-17-7-2-5-12-22(17)29(23)25/h2-15,23-25H,1H3/t23-,24-,25-/m0/s1. The number of para-hydroxylation sites is 1. The number of nitro groups is 1. The molecule has 0 N–H and O–H groups in total. The molecule has 0 aromatic heterocycles. The third-order valence-corrected chi connectivity index (χ3v) is 7.57. The number of benzene rings is 3. The van der Waals surface area contributed by atoms with Crippen molar-refractivity contribution in [3.8, 4) is 0 Å². The second-order valence-corrected chi connectivity index (χ2v) is 9.23. The third-order valence-electron chi connectivity index (χ3n) is 7.57. The van der Waals surface area contributed by atoms with Gasteiger partial charge in [0.2, 0.25) is 0 Å². The first-order chi connectivity index (χ1) is 16.9. The Balaban J connectivity index is 1.69. The van der Waals surface area contributed by atoms with E-state index >= 15 is 0 Å². The van der Waals surface area contributed by atoms with Gasteiger partial charge in [-0.25, -0.2) is 0 Å². The van der Waals surface area contributed by atoms with Crippen molar-refractivity contribution in [1.82, 2.24) is 0 Å². The van der Waals surface area contributed by atoms with Crippen molar-refractivity contribution in [2.24, 2.45) is 5.41 Å². The van der Waals surface area contributed by atoms with E-state index in [-0.39, 0.29) is 23.0 Å². The predicted molar refractivity (Wildman–Crippen MR) is 130 cm³/mol. The maximum Gasteiger partial charge on any atom is 0.269 e. The van der Waals surface area contributed by atoms with E-state index in [4.69, 9.17) is 0 Å². The maximum atomic E-state index is 14.2. The summed E-state index contributed by atoms with van der Waals surface area (Å²) in [6.07, 6.45) is 3.71. The molecule has 2 aliphatic heterocycles. The quantitative estimate of drug-likeness (QED) is 0.319. The van der Waals surface area contributed by atoms with Gasteiger partial charge in [-0.3, -0.25) is 24.5 Å². The van der Waals surface area contributed by atoms with Gasteiger partial charge in [0.05, 0.1) is 17.0 Å². The highest BCUT2D eigenvalue weighted by molar-refractivity contribution is 6.32. The van der Waals surface area contributed by atoms with Crippen LogP contribution in [0.25, 0.3) is 6.08 Å². The molecular formula is C28H20N2O5. The fourth-order valence-electron chi connectivity index (χ4n) is 6.28. The van der Waals surface area contributed by atoms with Gasteiger partial charge in [0.25, 0.3) is 5.69 Å². The number of fused-ring (bicyclic) bond motifs is 5. The molecule has 0 radical (unpaired) electrons. The Bertz CT molecular complexity index is 1450. The van der Waals surface area contributed by atoms with Crippen LogP contribution in [0.5, 0.6) is 0 Å². The summed E-state index contributed by atoms with van der Waals surface area (Å²) in [6.45, 7) is 1.45. The number of hydrogen-bond acceptors (Lipinski definition) is 6. The first kappa shape index (κ1) is 21.2. The maximum absolute atomic E-state index is 14.2.